The van der Waals surface area contributed by atoms with Crippen molar-refractivity contribution in [2.45, 2.75) is 63.3 Å². The molecule has 3 aliphatic heterocycles. The van der Waals surface area contributed by atoms with Crippen LogP contribution in [0.2, 0.25) is 0 Å². The van der Waals surface area contributed by atoms with Crippen LogP contribution in [-0.4, -0.2) is 36.7 Å². The number of ether oxygens (including phenoxy) is 1. The highest BCUT2D eigenvalue weighted by molar-refractivity contribution is 5.81. The Hall–Kier alpha value is -0.610. The highest BCUT2D eigenvalue weighted by atomic mass is 16.5. The molecule has 1 amide bonds. The van der Waals surface area contributed by atoms with Crippen molar-refractivity contribution in [2.24, 2.45) is 5.92 Å². The number of fused-ring (bicyclic) bond motifs is 2. The fourth-order valence-corrected chi connectivity index (χ4v) is 3.49. The van der Waals surface area contributed by atoms with Crippen LogP contribution in [0.25, 0.3) is 0 Å². The minimum atomic E-state index is -0.206. The first-order valence-corrected chi connectivity index (χ1v) is 6.90. The number of carbonyl (C=O) groups excluding carboxylic acids is 1. The Kier molecular flexibility index (Phi) is 3.09. The summed E-state index contributed by atoms with van der Waals surface area (Å²) in [4.78, 5) is 12.1. The molecule has 4 heteroatoms. The summed E-state index contributed by atoms with van der Waals surface area (Å²) >= 11 is 0. The van der Waals surface area contributed by atoms with Gasteiger partial charge in [0.1, 0.15) is 6.10 Å². The minimum Gasteiger partial charge on any atom is -0.368 e. The number of hydrogen-bond donors (Lipinski definition) is 2. The zero-order valence-corrected chi connectivity index (χ0v) is 10.4. The zero-order chi connectivity index (χ0) is 11.8. The first kappa shape index (κ1) is 11.5. The van der Waals surface area contributed by atoms with Crippen LogP contribution >= 0.6 is 0 Å². The number of piperidine rings is 1. The molecule has 0 spiro atoms. The molecule has 4 unspecified atom stereocenters. The Bertz CT molecular complexity index is 296. The fourth-order valence-electron chi connectivity index (χ4n) is 3.49. The van der Waals surface area contributed by atoms with E-state index in [-0.39, 0.29) is 12.0 Å². The van der Waals surface area contributed by atoms with Crippen molar-refractivity contribution in [2.75, 3.05) is 6.61 Å². The van der Waals surface area contributed by atoms with Crippen LogP contribution in [0.15, 0.2) is 0 Å². The zero-order valence-electron chi connectivity index (χ0n) is 10.4. The molecule has 17 heavy (non-hydrogen) atoms. The lowest BCUT2D eigenvalue weighted by Gasteiger charge is -2.30. The molecule has 2 bridgehead atoms. The maximum Gasteiger partial charge on any atom is 0.249 e. The molecule has 0 aliphatic carbocycles. The summed E-state index contributed by atoms with van der Waals surface area (Å²) in [6.45, 7) is 2.83. The lowest BCUT2D eigenvalue weighted by atomic mass is 9.98. The van der Waals surface area contributed by atoms with Crippen molar-refractivity contribution in [3.63, 3.8) is 0 Å². The van der Waals surface area contributed by atoms with E-state index in [1.807, 2.05) is 0 Å². The normalized spacial score (nSPS) is 44.9. The van der Waals surface area contributed by atoms with Crippen molar-refractivity contribution in [3.8, 4) is 0 Å². The third-order valence-electron chi connectivity index (χ3n) is 4.47. The van der Waals surface area contributed by atoms with E-state index in [2.05, 4.69) is 17.6 Å². The van der Waals surface area contributed by atoms with Crippen LogP contribution in [0.5, 0.6) is 0 Å². The van der Waals surface area contributed by atoms with E-state index < -0.39 is 0 Å². The second kappa shape index (κ2) is 4.58. The Morgan fingerprint density at radius 1 is 1.24 bits per heavy atom. The molecule has 0 aromatic carbocycles. The van der Waals surface area contributed by atoms with Gasteiger partial charge in [0.05, 0.1) is 0 Å². The molecule has 3 aliphatic rings. The van der Waals surface area contributed by atoms with Crippen LogP contribution < -0.4 is 10.6 Å². The molecule has 3 heterocycles. The van der Waals surface area contributed by atoms with E-state index in [1.165, 1.54) is 12.8 Å². The second-order valence-electron chi connectivity index (χ2n) is 5.87. The molecule has 0 saturated carbocycles. The van der Waals surface area contributed by atoms with Crippen LogP contribution in [0.3, 0.4) is 0 Å². The van der Waals surface area contributed by atoms with Gasteiger partial charge in [-0.2, -0.15) is 0 Å². The molecule has 0 aromatic heterocycles. The van der Waals surface area contributed by atoms with Crippen LogP contribution in [0, 0.1) is 5.92 Å². The third-order valence-corrected chi connectivity index (χ3v) is 4.47. The van der Waals surface area contributed by atoms with Crippen LogP contribution in [0.4, 0.5) is 0 Å². The van der Waals surface area contributed by atoms with Gasteiger partial charge in [0.2, 0.25) is 5.91 Å². The average Bonchev–Trinajstić information content (AvgIpc) is 2.85. The van der Waals surface area contributed by atoms with E-state index in [4.69, 9.17) is 4.74 Å². The van der Waals surface area contributed by atoms with Crippen molar-refractivity contribution in [1.29, 1.82) is 0 Å². The van der Waals surface area contributed by atoms with E-state index in [9.17, 15) is 4.79 Å². The van der Waals surface area contributed by atoms with Gasteiger partial charge in [-0.05, 0) is 38.0 Å². The number of hydrogen-bond acceptors (Lipinski definition) is 3. The van der Waals surface area contributed by atoms with Gasteiger partial charge in [-0.25, -0.2) is 0 Å². The van der Waals surface area contributed by atoms with Crippen LogP contribution in [0.1, 0.15) is 39.0 Å². The topological polar surface area (TPSA) is 50.4 Å². The van der Waals surface area contributed by atoms with Gasteiger partial charge in [-0.15, -0.1) is 0 Å². The lowest BCUT2D eigenvalue weighted by Crippen LogP contribution is -2.50. The van der Waals surface area contributed by atoms with Crippen molar-refractivity contribution >= 4 is 5.91 Å². The summed E-state index contributed by atoms with van der Waals surface area (Å²) in [5.74, 6) is 0.481. The molecule has 0 radical (unpaired) electrons. The Balaban J connectivity index is 1.54. The van der Waals surface area contributed by atoms with Crippen molar-refractivity contribution in [3.05, 3.63) is 0 Å². The molecule has 4 nitrogen and oxygen atoms in total. The summed E-state index contributed by atoms with van der Waals surface area (Å²) in [5.41, 5.74) is 0. The summed E-state index contributed by atoms with van der Waals surface area (Å²) < 4.78 is 5.51. The Morgan fingerprint density at radius 2 is 1.94 bits per heavy atom. The molecular formula is C13H22N2O2. The lowest BCUT2D eigenvalue weighted by molar-refractivity contribution is -0.132. The van der Waals surface area contributed by atoms with Gasteiger partial charge < -0.3 is 15.4 Å². The van der Waals surface area contributed by atoms with Crippen molar-refractivity contribution in [1.82, 2.24) is 10.6 Å². The summed E-state index contributed by atoms with van der Waals surface area (Å²) in [7, 11) is 0. The first-order chi connectivity index (χ1) is 8.22. The third kappa shape index (κ3) is 2.33. The largest absolute Gasteiger partial charge is 0.368 e. The maximum atomic E-state index is 12.1. The van der Waals surface area contributed by atoms with Gasteiger partial charge in [0, 0.05) is 24.7 Å². The quantitative estimate of drug-likeness (QED) is 0.748. The summed E-state index contributed by atoms with van der Waals surface area (Å²) in [6, 6.07) is 1.61. The minimum absolute atomic E-state index is 0.112. The molecule has 3 fully saturated rings. The van der Waals surface area contributed by atoms with Gasteiger partial charge in [0.25, 0.3) is 0 Å². The predicted octanol–water partition coefficient (Wildman–Crippen LogP) is 0.811. The average molecular weight is 238 g/mol. The molecule has 3 rings (SSSR count). The highest BCUT2D eigenvalue weighted by Gasteiger charge is 2.37. The van der Waals surface area contributed by atoms with Gasteiger partial charge in [-0.3, -0.25) is 4.79 Å². The smallest absolute Gasteiger partial charge is 0.249 e. The van der Waals surface area contributed by atoms with Crippen molar-refractivity contribution < 1.29 is 9.53 Å². The van der Waals surface area contributed by atoms with E-state index in [0.717, 1.165) is 25.9 Å². The summed E-state index contributed by atoms with van der Waals surface area (Å²) in [6.07, 6.45) is 5.52. The summed E-state index contributed by atoms with van der Waals surface area (Å²) in [5, 5.41) is 6.78. The molecule has 96 valence electrons. The standard InChI is InChI=1S/C13H22N2O2/c1-8-4-5-17-12(8)13(16)15-11-6-9-2-3-10(7-11)14-9/h8-12,14H,2-7H2,1H3,(H,15,16). The number of amides is 1. The number of nitrogens with one attached hydrogen (secondary N) is 2. The maximum absolute atomic E-state index is 12.1. The van der Waals surface area contributed by atoms with Gasteiger partial charge in [0.15, 0.2) is 0 Å². The van der Waals surface area contributed by atoms with Gasteiger partial charge in [-0.1, -0.05) is 6.92 Å². The number of rotatable bonds is 2. The van der Waals surface area contributed by atoms with Crippen LogP contribution in [-0.2, 0) is 9.53 Å². The first-order valence-electron chi connectivity index (χ1n) is 6.90. The fraction of sp³-hybridized carbons (Fsp3) is 0.923. The van der Waals surface area contributed by atoms with E-state index in [1.54, 1.807) is 0 Å². The van der Waals surface area contributed by atoms with E-state index >= 15 is 0 Å². The highest BCUT2D eigenvalue weighted by Crippen LogP contribution is 2.27. The molecule has 4 atom stereocenters. The SMILES string of the molecule is CC1CCOC1C(=O)NC1CC2CCC(C1)N2. The van der Waals surface area contributed by atoms with Gasteiger partial charge >= 0.3 is 0 Å². The monoisotopic (exact) mass is 238 g/mol. The predicted molar refractivity (Wildman–Crippen MR) is 64.6 cm³/mol. The second-order valence-corrected chi connectivity index (χ2v) is 5.87. The number of carbonyl (C=O) groups is 1. The Morgan fingerprint density at radius 3 is 2.53 bits per heavy atom. The molecule has 0 aromatic rings. The Labute approximate surface area is 102 Å². The molecule has 2 N–H and O–H groups in total. The molecule has 3 saturated heterocycles. The molecular weight excluding hydrogens is 216 g/mol. The van der Waals surface area contributed by atoms with E-state index in [0.29, 0.717) is 24.0 Å².